The summed E-state index contributed by atoms with van der Waals surface area (Å²) in [7, 11) is 0.0975. The lowest BCUT2D eigenvalue weighted by molar-refractivity contribution is 0.0635. The van der Waals surface area contributed by atoms with Gasteiger partial charge in [0.15, 0.2) is 0 Å². The number of halogens is 1. The molecule has 0 aliphatic carbocycles. The van der Waals surface area contributed by atoms with E-state index in [0.717, 1.165) is 12.8 Å². The second kappa shape index (κ2) is 8.28. The summed E-state index contributed by atoms with van der Waals surface area (Å²) in [5, 5.41) is 0. The first-order valence-corrected chi connectivity index (χ1v) is 10.6. The van der Waals surface area contributed by atoms with Crippen molar-refractivity contribution >= 4 is 21.6 Å². The Hall–Kier alpha value is -2.45. The highest BCUT2D eigenvalue weighted by atomic mass is 32.2. The maximum Gasteiger partial charge on any atom is 0.261 e. The Morgan fingerprint density at radius 3 is 2.57 bits per heavy atom. The van der Waals surface area contributed by atoms with E-state index in [4.69, 9.17) is 0 Å². The van der Waals surface area contributed by atoms with E-state index in [1.807, 2.05) is 14.1 Å². The highest BCUT2D eigenvalue weighted by molar-refractivity contribution is 7.92. The van der Waals surface area contributed by atoms with Gasteiger partial charge in [-0.25, -0.2) is 12.8 Å². The van der Waals surface area contributed by atoms with Crippen LogP contribution < -0.4 is 4.72 Å². The van der Waals surface area contributed by atoms with Gasteiger partial charge in [0.2, 0.25) is 0 Å². The number of sulfonamides is 1. The molecule has 6 nitrogen and oxygen atoms in total. The second-order valence-corrected chi connectivity index (χ2v) is 8.83. The molecule has 2 aromatic carbocycles. The molecule has 1 amide bonds. The number of anilines is 1. The maximum atomic E-state index is 13.0. The minimum absolute atomic E-state index is 0.0103. The quantitative estimate of drug-likeness (QED) is 0.831. The Morgan fingerprint density at radius 2 is 1.89 bits per heavy atom. The number of hydrogen-bond acceptors (Lipinski definition) is 4. The average molecular weight is 405 g/mol. The molecular weight excluding hydrogens is 381 g/mol. The number of benzene rings is 2. The first kappa shape index (κ1) is 20.3. The monoisotopic (exact) mass is 405 g/mol. The Bertz CT molecular complexity index is 945. The molecular formula is C20H24FN3O3S. The second-order valence-electron chi connectivity index (χ2n) is 7.15. The molecule has 1 N–H and O–H groups in total. The van der Waals surface area contributed by atoms with Gasteiger partial charge in [0.25, 0.3) is 15.9 Å². The highest BCUT2D eigenvalue weighted by Crippen LogP contribution is 2.20. The molecule has 28 heavy (non-hydrogen) atoms. The van der Waals surface area contributed by atoms with Crippen molar-refractivity contribution in [1.82, 2.24) is 9.80 Å². The van der Waals surface area contributed by atoms with Crippen LogP contribution in [0.2, 0.25) is 0 Å². The number of hydrogen-bond donors (Lipinski definition) is 1. The summed E-state index contributed by atoms with van der Waals surface area (Å²) < 4.78 is 40.7. The SMILES string of the molecule is CN(C)C1CCCN(C(=O)c2cccc(S(=O)(=O)Nc3ccc(F)cc3)c2)C1. The number of piperidine rings is 1. The molecule has 1 aliphatic rings. The molecule has 1 heterocycles. The molecule has 8 heteroatoms. The Kier molecular flexibility index (Phi) is 6.00. The molecule has 1 unspecified atom stereocenters. The summed E-state index contributed by atoms with van der Waals surface area (Å²) >= 11 is 0. The molecule has 1 atom stereocenters. The van der Waals surface area contributed by atoms with Gasteiger partial charge in [-0.05, 0) is 69.4 Å². The van der Waals surface area contributed by atoms with E-state index in [1.165, 1.54) is 36.4 Å². The van der Waals surface area contributed by atoms with Crippen molar-refractivity contribution in [2.24, 2.45) is 0 Å². The summed E-state index contributed by atoms with van der Waals surface area (Å²) in [6, 6.07) is 11.3. The molecule has 1 saturated heterocycles. The van der Waals surface area contributed by atoms with Crippen LogP contribution >= 0.6 is 0 Å². The van der Waals surface area contributed by atoms with Gasteiger partial charge in [-0.1, -0.05) is 6.07 Å². The van der Waals surface area contributed by atoms with Gasteiger partial charge < -0.3 is 9.80 Å². The van der Waals surface area contributed by atoms with Crippen LogP contribution in [0, 0.1) is 5.82 Å². The average Bonchev–Trinajstić information content (AvgIpc) is 2.69. The zero-order chi connectivity index (χ0) is 20.3. The Morgan fingerprint density at radius 1 is 1.18 bits per heavy atom. The largest absolute Gasteiger partial charge is 0.337 e. The smallest absolute Gasteiger partial charge is 0.261 e. The third-order valence-electron chi connectivity index (χ3n) is 4.90. The van der Waals surface area contributed by atoms with Crippen LogP contribution in [0.25, 0.3) is 0 Å². The summed E-state index contributed by atoms with van der Waals surface area (Å²) in [4.78, 5) is 16.8. The summed E-state index contributed by atoms with van der Waals surface area (Å²) in [6.07, 6.45) is 1.95. The van der Waals surface area contributed by atoms with Crippen LogP contribution in [0.15, 0.2) is 53.4 Å². The van der Waals surface area contributed by atoms with Crippen LogP contribution in [0.4, 0.5) is 10.1 Å². The predicted molar refractivity (Wildman–Crippen MR) is 106 cm³/mol. The molecule has 0 spiro atoms. The van der Waals surface area contributed by atoms with Crippen LogP contribution in [0.1, 0.15) is 23.2 Å². The molecule has 1 fully saturated rings. The number of carbonyl (C=O) groups excluding carboxylic acids is 1. The zero-order valence-electron chi connectivity index (χ0n) is 15.9. The minimum atomic E-state index is -3.89. The number of nitrogens with zero attached hydrogens (tertiary/aromatic N) is 2. The van der Waals surface area contributed by atoms with Crippen molar-refractivity contribution < 1.29 is 17.6 Å². The standard InChI is InChI=1S/C20H24FN3O3S/c1-23(2)18-6-4-12-24(14-18)20(25)15-5-3-7-19(13-15)28(26,27)22-17-10-8-16(21)9-11-17/h3,5,7-11,13,18,22H,4,6,12,14H2,1-2H3. The lowest BCUT2D eigenvalue weighted by Crippen LogP contribution is -2.47. The third kappa shape index (κ3) is 4.69. The van der Waals surface area contributed by atoms with Gasteiger partial charge in [-0.2, -0.15) is 0 Å². The van der Waals surface area contributed by atoms with Gasteiger partial charge in [-0.3, -0.25) is 9.52 Å². The van der Waals surface area contributed by atoms with E-state index in [-0.39, 0.29) is 16.5 Å². The van der Waals surface area contributed by atoms with Crippen molar-refractivity contribution in [3.8, 4) is 0 Å². The lowest BCUT2D eigenvalue weighted by atomic mass is 10.0. The van der Waals surface area contributed by atoms with Gasteiger partial charge in [0.05, 0.1) is 4.90 Å². The number of likely N-dealkylation sites (tertiary alicyclic amines) is 1. The van der Waals surface area contributed by atoms with E-state index in [2.05, 4.69) is 9.62 Å². The fourth-order valence-electron chi connectivity index (χ4n) is 3.27. The van der Waals surface area contributed by atoms with E-state index in [0.29, 0.717) is 24.7 Å². The zero-order valence-corrected chi connectivity index (χ0v) is 16.7. The molecule has 0 saturated carbocycles. The lowest BCUT2D eigenvalue weighted by Gasteiger charge is -2.36. The molecule has 3 rings (SSSR count). The van der Waals surface area contributed by atoms with Crippen molar-refractivity contribution in [2.45, 2.75) is 23.8 Å². The van der Waals surface area contributed by atoms with Crippen LogP contribution in [-0.2, 0) is 10.0 Å². The van der Waals surface area contributed by atoms with Crippen molar-refractivity contribution in [3.63, 3.8) is 0 Å². The van der Waals surface area contributed by atoms with E-state index >= 15 is 0 Å². The number of carbonyl (C=O) groups is 1. The maximum absolute atomic E-state index is 13.0. The van der Waals surface area contributed by atoms with Gasteiger partial charge in [-0.15, -0.1) is 0 Å². The fraction of sp³-hybridized carbons (Fsp3) is 0.350. The molecule has 150 valence electrons. The normalized spacial score (nSPS) is 17.6. The van der Waals surface area contributed by atoms with E-state index in [9.17, 15) is 17.6 Å². The minimum Gasteiger partial charge on any atom is -0.337 e. The first-order valence-electron chi connectivity index (χ1n) is 9.10. The number of rotatable bonds is 5. The number of nitrogens with one attached hydrogen (secondary N) is 1. The van der Waals surface area contributed by atoms with Gasteiger partial charge in [0.1, 0.15) is 5.82 Å². The summed E-state index contributed by atoms with van der Waals surface area (Å²) in [5.74, 6) is -0.626. The van der Waals surface area contributed by atoms with Gasteiger partial charge >= 0.3 is 0 Å². The Balaban J connectivity index is 1.79. The van der Waals surface area contributed by atoms with Crippen molar-refractivity contribution in [1.29, 1.82) is 0 Å². The fourth-order valence-corrected chi connectivity index (χ4v) is 4.38. The van der Waals surface area contributed by atoms with Gasteiger partial charge in [0, 0.05) is 30.4 Å². The number of likely N-dealkylation sites (N-methyl/N-ethyl adjacent to an activating group) is 1. The summed E-state index contributed by atoms with van der Waals surface area (Å²) in [6.45, 7) is 1.28. The molecule has 0 radical (unpaired) electrons. The third-order valence-corrected chi connectivity index (χ3v) is 6.28. The summed E-state index contributed by atoms with van der Waals surface area (Å²) in [5.41, 5.74) is 0.587. The molecule has 0 bridgehead atoms. The predicted octanol–water partition coefficient (Wildman–Crippen LogP) is 2.79. The van der Waals surface area contributed by atoms with E-state index in [1.54, 1.807) is 17.0 Å². The van der Waals surface area contributed by atoms with E-state index < -0.39 is 15.8 Å². The highest BCUT2D eigenvalue weighted by Gasteiger charge is 2.26. The molecule has 2 aromatic rings. The number of amides is 1. The molecule has 0 aromatic heterocycles. The van der Waals surface area contributed by atoms with Crippen LogP contribution in [0.5, 0.6) is 0 Å². The Labute approximate surface area is 165 Å². The van der Waals surface area contributed by atoms with Crippen LogP contribution in [0.3, 0.4) is 0 Å². The topological polar surface area (TPSA) is 69.7 Å². The van der Waals surface area contributed by atoms with Crippen molar-refractivity contribution in [3.05, 3.63) is 59.9 Å². The molecule has 1 aliphatic heterocycles. The first-order chi connectivity index (χ1) is 13.3. The van der Waals surface area contributed by atoms with Crippen LogP contribution in [-0.4, -0.2) is 57.4 Å². The van der Waals surface area contributed by atoms with Crippen molar-refractivity contribution in [2.75, 3.05) is 31.9 Å².